The number of nitrogens with zero attached hydrogens (tertiary/aromatic N) is 1. The van der Waals surface area contributed by atoms with E-state index < -0.39 is 0 Å². The molecule has 2 rings (SSSR count). The number of nitrogens with two attached hydrogens (primary N) is 1. The summed E-state index contributed by atoms with van der Waals surface area (Å²) in [6.07, 6.45) is 3.49. The number of Topliss-reactive ketones (excluding diaryl/α,β-unsaturated/α-hetero) is 1. The average Bonchev–Trinajstić information content (AvgIpc) is 2.70. The molecule has 2 amide bonds. The number of piperidine rings is 1. The van der Waals surface area contributed by atoms with Gasteiger partial charge in [0.15, 0.2) is 5.78 Å². The van der Waals surface area contributed by atoms with Crippen LogP contribution in [0.25, 0.3) is 0 Å². The third-order valence-corrected chi connectivity index (χ3v) is 4.83. The van der Waals surface area contributed by atoms with E-state index in [2.05, 4.69) is 5.32 Å². The summed E-state index contributed by atoms with van der Waals surface area (Å²) in [4.78, 5) is 38.4. The molecule has 156 valence electrons. The fourth-order valence-corrected chi connectivity index (χ4v) is 3.28. The number of nitrogens with one attached hydrogen (secondary N) is 1. The minimum absolute atomic E-state index is 0. The van der Waals surface area contributed by atoms with E-state index in [0.29, 0.717) is 30.9 Å². The fourth-order valence-electron chi connectivity index (χ4n) is 3.28. The van der Waals surface area contributed by atoms with Gasteiger partial charge in [-0.05, 0) is 43.5 Å². The Bertz CT molecular complexity index is 651. The number of ether oxygens (including phenoxy) is 1. The normalized spacial score (nSPS) is 16.1. The molecule has 1 aliphatic rings. The molecule has 1 aromatic rings. The molecule has 0 bridgehead atoms. The van der Waals surface area contributed by atoms with Crippen molar-refractivity contribution in [3.05, 3.63) is 29.8 Å². The van der Waals surface area contributed by atoms with E-state index >= 15 is 0 Å². The third-order valence-electron chi connectivity index (χ3n) is 4.83. The average molecular weight is 412 g/mol. The van der Waals surface area contributed by atoms with Crippen LogP contribution in [0.15, 0.2) is 24.3 Å². The van der Waals surface area contributed by atoms with Gasteiger partial charge >= 0.3 is 0 Å². The van der Waals surface area contributed by atoms with Crippen LogP contribution in [0.4, 0.5) is 0 Å². The standard InChI is InChI=1S/C20H29N3O4.ClH/c1-27-17-7-5-15(6-8-17)18(24)9-10-20(26)23-13-3-2-4-16(23)14-22-19(25)11-12-21;/h5-8,16H,2-4,9-14,21H2,1H3,(H,22,25);1H. The number of carbonyl (C=O) groups is 3. The van der Waals surface area contributed by atoms with Gasteiger partial charge in [-0.15, -0.1) is 12.4 Å². The zero-order valence-electron chi connectivity index (χ0n) is 16.3. The summed E-state index contributed by atoms with van der Waals surface area (Å²) in [6, 6.07) is 6.88. The van der Waals surface area contributed by atoms with Crippen LogP contribution in [0.2, 0.25) is 0 Å². The number of hydrogen-bond acceptors (Lipinski definition) is 5. The Morgan fingerprint density at radius 3 is 2.50 bits per heavy atom. The minimum Gasteiger partial charge on any atom is -0.497 e. The Labute approximate surface area is 172 Å². The number of methoxy groups -OCH3 is 1. The third kappa shape index (κ3) is 7.13. The number of hydrogen-bond donors (Lipinski definition) is 2. The molecular weight excluding hydrogens is 382 g/mol. The molecule has 1 aromatic carbocycles. The van der Waals surface area contributed by atoms with Crippen LogP contribution in [0.5, 0.6) is 5.75 Å². The van der Waals surface area contributed by atoms with Gasteiger partial charge in [0.2, 0.25) is 11.8 Å². The summed E-state index contributed by atoms with van der Waals surface area (Å²) in [6.45, 7) is 1.43. The molecular formula is C20H30ClN3O4. The summed E-state index contributed by atoms with van der Waals surface area (Å²) in [7, 11) is 1.57. The number of ketones is 1. The summed E-state index contributed by atoms with van der Waals surface area (Å²) in [5.74, 6) is 0.506. The Morgan fingerprint density at radius 2 is 1.86 bits per heavy atom. The predicted molar refractivity (Wildman–Crippen MR) is 110 cm³/mol. The summed E-state index contributed by atoms with van der Waals surface area (Å²) >= 11 is 0. The molecule has 3 N–H and O–H groups in total. The smallest absolute Gasteiger partial charge is 0.223 e. The molecule has 1 heterocycles. The maximum atomic E-state index is 12.6. The van der Waals surface area contributed by atoms with Gasteiger partial charge in [-0.3, -0.25) is 14.4 Å². The van der Waals surface area contributed by atoms with Crippen molar-refractivity contribution in [2.24, 2.45) is 5.73 Å². The van der Waals surface area contributed by atoms with E-state index in [1.165, 1.54) is 0 Å². The van der Waals surface area contributed by atoms with Gasteiger partial charge in [0, 0.05) is 50.5 Å². The summed E-state index contributed by atoms with van der Waals surface area (Å²) in [5, 5.41) is 2.85. The summed E-state index contributed by atoms with van der Waals surface area (Å²) in [5.41, 5.74) is 5.96. The SMILES string of the molecule is COc1ccc(C(=O)CCC(=O)N2CCCCC2CNC(=O)CCN)cc1.Cl. The maximum Gasteiger partial charge on any atom is 0.223 e. The van der Waals surface area contributed by atoms with Gasteiger partial charge in [-0.2, -0.15) is 0 Å². The topological polar surface area (TPSA) is 102 Å². The first-order valence-electron chi connectivity index (χ1n) is 9.48. The number of amides is 2. The summed E-state index contributed by atoms with van der Waals surface area (Å²) < 4.78 is 5.08. The van der Waals surface area contributed by atoms with E-state index in [1.54, 1.807) is 31.4 Å². The van der Waals surface area contributed by atoms with E-state index in [0.717, 1.165) is 19.3 Å². The van der Waals surface area contributed by atoms with Crippen LogP contribution < -0.4 is 15.8 Å². The van der Waals surface area contributed by atoms with Crippen LogP contribution >= 0.6 is 12.4 Å². The second kappa shape index (κ2) is 12.4. The van der Waals surface area contributed by atoms with E-state index in [9.17, 15) is 14.4 Å². The Kier molecular flexibility index (Phi) is 10.6. The molecule has 1 unspecified atom stereocenters. The number of halogens is 1. The lowest BCUT2D eigenvalue weighted by molar-refractivity contribution is -0.135. The van der Waals surface area contributed by atoms with Crippen molar-refractivity contribution in [1.29, 1.82) is 0 Å². The van der Waals surface area contributed by atoms with Crippen LogP contribution in [-0.4, -0.2) is 55.3 Å². The highest BCUT2D eigenvalue weighted by molar-refractivity contribution is 5.98. The van der Waals surface area contributed by atoms with Gasteiger partial charge in [0.1, 0.15) is 5.75 Å². The molecule has 0 spiro atoms. The van der Waals surface area contributed by atoms with Crippen molar-refractivity contribution in [3.63, 3.8) is 0 Å². The van der Waals surface area contributed by atoms with E-state index in [1.807, 2.05) is 4.90 Å². The molecule has 1 saturated heterocycles. The number of benzene rings is 1. The van der Waals surface area contributed by atoms with Crippen LogP contribution in [0.3, 0.4) is 0 Å². The zero-order chi connectivity index (χ0) is 19.6. The lowest BCUT2D eigenvalue weighted by Crippen LogP contribution is -2.49. The maximum absolute atomic E-state index is 12.6. The van der Waals surface area contributed by atoms with Crippen LogP contribution in [-0.2, 0) is 9.59 Å². The van der Waals surface area contributed by atoms with Gasteiger partial charge < -0.3 is 20.7 Å². The Hall–Kier alpha value is -2.12. The minimum atomic E-state index is -0.0924. The first-order chi connectivity index (χ1) is 13.0. The molecule has 0 saturated carbocycles. The Balaban J connectivity index is 0.00000392. The van der Waals surface area contributed by atoms with Gasteiger partial charge in [0.05, 0.1) is 7.11 Å². The van der Waals surface area contributed by atoms with Crippen molar-refractivity contribution < 1.29 is 19.1 Å². The molecule has 0 aliphatic carbocycles. The van der Waals surface area contributed by atoms with Gasteiger partial charge in [-0.1, -0.05) is 0 Å². The highest BCUT2D eigenvalue weighted by atomic mass is 35.5. The van der Waals surface area contributed by atoms with Crippen LogP contribution in [0.1, 0.15) is 48.9 Å². The quantitative estimate of drug-likeness (QED) is 0.604. The van der Waals surface area contributed by atoms with Crippen LogP contribution in [0, 0.1) is 0 Å². The lowest BCUT2D eigenvalue weighted by Gasteiger charge is -2.36. The van der Waals surface area contributed by atoms with E-state index in [4.69, 9.17) is 10.5 Å². The second-order valence-electron chi connectivity index (χ2n) is 6.73. The van der Waals surface area contributed by atoms with Crippen molar-refractivity contribution in [2.45, 2.75) is 44.6 Å². The zero-order valence-corrected chi connectivity index (χ0v) is 17.1. The highest BCUT2D eigenvalue weighted by Gasteiger charge is 2.27. The molecule has 28 heavy (non-hydrogen) atoms. The first-order valence-corrected chi connectivity index (χ1v) is 9.48. The highest BCUT2D eigenvalue weighted by Crippen LogP contribution is 2.19. The Morgan fingerprint density at radius 1 is 1.14 bits per heavy atom. The largest absolute Gasteiger partial charge is 0.497 e. The predicted octanol–water partition coefficient (Wildman–Crippen LogP) is 1.93. The second-order valence-corrected chi connectivity index (χ2v) is 6.73. The monoisotopic (exact) mass is 411 g/mol. The first kappa shape index (κ1) is 23.9. The molecule has 7 nitrogen and oxygen atoms in total. The number of carbonyl (C=O) groups excluding carboxylic acids is 3. The fraction of sp³-hybridized carbons (Fsp3) is 0.550. The van der Waals surface area contributed by atoms with Crippen molar-refractivity contribution >= 4 is 30.0 Å². The van der Waals surface area contributed by atoms with Crippen molar-refractivity contribution in [3.8, 4) is 5.75 Å². The molecule has 8 heteroatoms. The molecule has 0 radical (unpaired) electrons. The molecule has 1 atom stereocenters. The molecule has 0 aromatic heterocycles. The van der Waals surface area contributed by atoms with Gasteiger partial charge in [0.25, 0.3) is 0 Å². The van der Waals surface area contributed by atoms with Gasteiger partial charge in [-0.25, -0.2) is 0 Å². The van der Waals surface area contributed by atoms with Crippen molar-refractivity contribution in [2.75, 3.05) is 26.7 Å². The number of likely N-dealkylation sites (tertiary alicyclic amines) is 1. The lowest BCUT2D eigenvalue weighted by atomic mass is 10.00. The number of rotatable bonds is 9. The van der Waals surface area contributed by atoms with Crippen molar-refractivity contribution in [1.82, 2.24) is 10.2 Å². The van der Waals surface area contributed by atoms with E-state index in [-0.39, 0.29) is 55.3 Å². The molecule has 1 aliphatic heterocycles. The molecule has 1 fully saturated rings.